The predicted octanol–water partition coefficient (Wildman–Crippen LogP) is 3.55. The Balaban J connectivity index is 2.40. The van der Waals surface area contributed by atoms with Crippen LogP contribution in [0.1, 0.15) is 11.1 Å². The van der Waals surface area contributed by atoms with Gasteiger partial charge in [-0.2, -0.15) is 13.2 Å². The molecule has 0 radical (unpaired) electrons. The molecule has 0 amide bonds. The molecule has 3 aromatic rings. The topological polar surface area (TPSA) is 84.7 Å². The Morgan fingerprint density at radius 1 is 1.25 bits per heavy atom. The average Bonchev–Trinajstić information content (AvgIpc) is 2.45. The summed E-state index contributed by atoms with van der Waals surface area (Å²) in [5, 5.41) is 0.115. The second-order valence-corrected chi connectivity index (χ2v) is 5.57. The molecular weight excluding hydrogens is 345 g/mol. The number of hydrogen-bond acceptors (Lipinski definition) is 4. The molecule has 3 N–H and O–H groups in total. The number of aromatic amines is 1. The van der Waals surface area contributed by atoms with Crippen molar-refractivity contribution >= 4 is 28.3 Å². The molecule has 1 aromatic carbocycles. The summed E-state index contributed by atoms with van der Waals surface area (Å²) in [5.41, 5.74) is 3.98. The van der Waals surface area contributed by atoms with Crippen LogP contribution in [0.2, 0.25) is 5.02 Å². The summed E-state index contributed by atoms with van der Waals surface area (Å²) in [4.78, 5) is 21.9. The van der Waals surface area contributed by atoms with E-state index in [0.29, 0.717) is 0 Å². The zero-order valence-electron chi connectivity index (χ0n) is 12.2. The number of rotatable bonds is 1. The number of anilines is 1. The van der Waals surface area contributed by atoms with Crippen molar-refractivity contribution in [2.75, 3.05) is 5.73 Å². The summed E-state index contributed by atoms with van der Waals surface area (Å²) in [6.45, 7) is 1.29. The highest BCUT2D eigenvalue weighted by atomic mass is 35.5. The number of pyridine rings is 1. The van der Waals surface area contributed by atoms with Crippen LogP contribution in [0.3, 0.4) is 0 Å². The minimum absolute atomic E-state index is 0.00462. The molecule has 3 rings (SSSR count). The first-order chi connectivity index (χ1) is 11.2. The van der Waals surface area contributed by atoms with Gasteiger partial charge in [-0.15, -0.1) is 0 Å². The number of benzene rings is 1. The van der Waals surface area contributed by atoms with Gasteiger partial charge in [0.15, 0.2) is 0 Å². The van der Waals surface area contributed by atoms with Crippen molar-refractivity contribution in [3.05, 3.63) is 51.0 Å². The second kappa shape index (κ2) is 5.48. The molecule has 0 saturated carbocycles. The summed E-state index contributed by atoms with van der Waals surface area (Å²) in [7, 11) is 0. The molecule has 0 fully saturated rings. The van der Waals surface area contributed by atoms with Crippen LogP contribution in [0.4, 0.5) is 19.0 Å². The van der Waals surface area contributed by atoms with Crippen molar-refractivity contribution in [1.82, 2.24) is 15.0 Å². The number of nitrogen functional groups attached to an aromatic ring is 1. The van der Waals surface area contributed by atoms with Gasteiger partial charge in [0.2, 0.25) is 0 Å². The average molecular weight is 355 g/mol. The van der Waals surface area contributed by atoms with Gasteiger partial charge in [0.1, 0.15) is 5.82 Å². The minimum Gasteiger partial charge on any atom is -0.384 e. The number of halogens is 4. The van der Waals surface area contributed by atoms with Gasteiger partial charge in [0.05, 0.1) is 33.5 Å². The fourth-order valence-corrected chi connectivity index (χ4v) is 2.77. The normalized spacial score (nSPS) is 11.9. The van der Waals surface area contributed by atoms with Gasteiger partial charge in [0.25, 0.3) is 5.56 Å². The Hall–Kier alpha value is -2.61. The molecule has 0 saturated heterocycles. The molecule has 0 bridgehead atoms. The second-order valence-electron chi connectivity index (χ2n) is 5.17. The van der Waals surface area contributed by atoms with Crippen molar-refractivity contribution in [3.63, 3.8) is 0 Å². The lowest BCUT2D eigenvalue weighted by atomic mass is 10.00. The SMILES string of the molecule is Cc1cc(N)nc(-c2cc3nc[nH]c(=O)c3cc2Cl)c1C(F)(F)F. The Morgan fingerprint density at radius 2 is 1.96 bits per heavy atom. The van der Waals surface area contributed by atoms with Crippen LogP contribution in [0.25, 0.3) is 22.2 Å². The Morgan fingerprint density at radius 3 is 2.62 bits per heavy atom. The third-order valence-corrected chi connectivity index (χ3v) is 3.82. The number of nitrogens with two attached hydrogens (primary N) is 1. The molecule has 0 aliphatic carbocycles. The number of H-pyrrole nitrogens is 1. The van der Waals surface area contributed by atoms with Crippen LogP contribution in [0.15, 0.2) is 29.3 Å². The van der Waals surface area contributed by atoms with Crippen molar-refractivity contribution in [2.45, 2.75) is 13.1 Å². The summed E-state index contributed by atoms with van der Waals surface area (Å²) in [6, 6.07) is 3.70. The van der Waals surface area contributed by atoms with Gasteiger partial charge < -0.3 is 10.7 Å². The number of hydrogen-bond donors (Lipinski definition) is 2. The van der Waals surface area contributed by atoms with Gasteiger partial charge in [-0.1, -0.05) is 11.6 Å². The zero-order chi connectivity index (χ0) is 17.6. The molecule has 124 valence electrons. The molecule has 2 heterocycles. The van der Waals surface area contributed by atoms with Crippen LogP contribution < -0.4 is 11.3 Å². The van der Waals surface area contributed by atoms with Crippen LogP contribution >= 0.6 is 11.6 Å². The van der Waals surface area contributed by atoms with Crippen LogP contribution in [0.5, 0.6) is 0 Å². The highest BCUT2D eigenvalue weighted by molar-refractivity contribution is 6.34. The molecule has 9 heteroatoms. The van der Waals surface area contributed by atoms with Crippen molar-refractivity contribution in [1.29, 1.82) is 0 Å². The Labute approximate surface area is 138 Å². The summed E-state index contributed by atoms with van der Waals surface area (Å²) in [6.07, 6.45) is -3.48. The summed E-state index contributed by atoms with van der Waals surface area (Å²) in [5.74, 6) is -0.0643. The van der Waals surface area contributed by atoms with E-state index in [9.17, 15) is 18.0 Å². The molecule has 0 unspecified atom stereocenters. The van der Waals surface area contributed by atoms with Gasteiger partial charge >= 0.3 is 6.18 Å². The summed E-state index contributed by atoms with van der Waals surface area (Å²) < 4.78 is 40.3. The van der Waals surface area contributed by atoms with Crippen LogP contribution in [-0.4, -0.2) is 15.0 Å². The number of aromatic nitrogens is 3. The Bertz CT molecular complexity index is 1010. The van der Waals surface area contributed by atoms with E-state index in [1.807, 2.05) is 0 Å². The number of nitrogens with one attached hydrogen (secondary N) is 1. The van der Waals surface area contributed by atoms with E-state index in [0.717, 1.165) is 12.4 Å². The van der Waals surface area contributed by atoms with Gasteiger partial charge in [-0.05, 0) is 30.7 Å². The maximum Gasteiger partial charge on any atom is 0.418 e. The van der Waals surface area contributed by atoms with E-state index >= 15 is 0 Å². The van der Waals surface area contributed by atoms with Gasteiger partial charge in [-0.25, -0.2) is 9.97 Å². The maximum atomic E-state index is 13.4. The number of fused-ring (bicyclic) bond motifs is 1. The third-order valence-electron chi connectivity index (χ3n) is 3.50. The fourth-order valence-electron chi connectivity index (χ4n) is 2.52. The molecule has 5 nitrogen and oxygen atoms in total. The molecule has 2 aromatic heterocycles. The fraction of sp³-hybridized carbons (Fsp3) is 0.133. The first-order valence-electron chi connectivity index (χ1n) is 6.70. The Kier molecular flexibility index (Phi) is 3.71. The van der Waals surface area contributed by atoms with E-state index in [4.69, 9.17) is 17.3 Å². The van der Waals surface area contributed by atoms with Gasteiger partial charge in [-0.3, -0.25) is 4.79 Å². The highest BCUT2D eigenvalue weighted by Crippen LogP contribution is 2.41. The lowest BCUT2D eigenvalue weighted by molar-refractivity contribution is -0.137. The monoisotopic (exact) mass is 354 g/mol. The van der Waals surface area contributed by atoms with Crippen LogP contribution in [0, 0.1) is 6.92 Å². The van der Waals surface area contributed by atoms with E-state index in [2.05, 4.69) is 15.0 Å². The molecule has 0 aliphatic rings. The van der Waals surface area contributed by atoms with E-state index in [-0.39, 0.29) is 32.9 Å². The quantitative estimate of drug-likeness (QED) is 0.700. The lowest BCUT2D eigenvalue weighted by Crippen LogP contribution is -2.13. The van der Waals surface area contributed by atoms with Crippen molar-refractivity contribution in [2.24, 2.45) is 0 Å². The zero-order valence-corrected chi connectivity index (χ0v) is 13.0. The lowest BCUT2D eigenvalue weighted by Gasteiger charge is -2.16. The number of nitrogens with zero attached hydrogens (tertiary/aromatic N) is 2. The third kappa shape index (κ3) is 2.69. The maximum absolute atomic E-state index is 13.4. The highest BCUT2D eigenvalue weighted by Gasteiger charge is 2.37. The molecule has 0 spiro atoms. The first-order valence-corrected chi connectivity index (χ1v) is 7.08. The van der Waals surface area contributed by atoms with E-state index in [1.54, 1.807) is 0 Å². The van der Waals surface area contributed by atoms with E-state index in [1.165, 1.54) is 19.1 Å². The van der Waals surface area contributed by atoms with Crippen LogP contribution in [-0.2, 0) is 6.18 Å². The predicted molar refractivity (Wildman–Crippen MR) is 84.8 cm³/mol. The number of aryl methyl sites for hydroxylation is 1. The number of alkyl halides is 3. The summed E-state index contributed by atoms with van der Waals surface area (Å²) >= 11 is 6.11. The van der Waals surface area contributed by atoms with Crippen molar-refractivity contribution in [3.8, 4) is 11.3 Å². The first kappa shape index (κ1) is 16.3. The molecule has 24 heavy (non-hydrogen) atoms. The largest absolute Gasteiger partial charge is 0.418 e. The van der Waals surface area contributed by atoms with E-state index < -0.39 is 23.0 Å². The van der Waals surface area contributed by atoms with Gasteiger partial charge in [0, 0.05) is 5.56 Å². The van der Waals surface area contributed by atoms with Crippen molar-refractivity contribution < 1.29 is 13.2 Å². The molecule has 0 aliphatic heterocycles. The molecule has 0 atom stereocenters. The standard InChI is InChI=1S/C15H10ClF3N4O/c1-6-2-11(20)23-13(12(6)15(17,18)19)7-4-10-8(3-9(7)16)14(24)22-5-21-10/h2-5H,1H3,(H2,20,23)(H,21,22,24). The minimum atomic E-state index is -4.64. The smallest absolute Gasteiger partial charge is 0.384 e. The molecular formula is C15H10ClF3N4O.